The molecule has 0 aromatic heterocycles. The molecule has 0 amide bonds. The molecule has 1 aromatic rings. The van der Waals surface area contributed by atoms with E-state index in [1.54, 1.807) is 14.2 Å². The summed E-state index contributed by atoms with van der Waals surface area (Å²) in [7, 11) is 3.20. The van der Waals surface area contributed by atoms with E-state index < -0.39 is 0 Å². The van der Waals surface area contributed by atoms with Crippen LogP contribution in [0.15, 0.2) is 18.2 Å². The first-order valence-corrected chi connectivity index (χ1v) is 6.18. The van der Waals surface area contributed by atoms with Crippen molar-refractivity contribution in [2.45, 2.75) is 26.4 Å². The highest BCUT2D eigenvalue weighted by atomic mass is 16.5. The fourth-order valence-electron chi connectivity index (χ4n) is 1.49. The molecule has 0 aliphatic heterocycles. The van der Waals surface area contributed by atoms with Crippen molar-refractivity contribution in [3.63, 3.8) is 0 Å². The topological polar surface area (TPSA) is 36.9 Å². The molecule has 1 atom stereocenters. The Bertz CT molecular complexity index is 352. The molecule has 0 aliphatic carbocycles. The normalized spacial score (nSPS) is 12.0. The molecular weight excluding hydrogens is 232 g/mol. The van der Waals surface area contributed by atoms with Crippen LogP contribution in [0.1, 0.15) is 20.3 Å². The third kappa shape index (κ3) is 4.11. The van der Waals surface area contributed by atoms with Crippen LogP contribution < -0.4 is 14.2 Å². The molecular formula is C14H22O4. The second kappa shape index (κ2) is 7.82. The minimum atomic E-state index is 0.265. The van der Waals surface area contributed by atoms with E-state index in [0.29, 0.717) is 30.5 Å². The largest absolute Gasteiger partial charge is 0.493 e. The van der Waals surface area contributed by atoms with Gasteiger partial charge in [0.05, 0.1) is 26.9 Å². The third-order valence-electron chi connectivity index (χ3n) is 2.69. The monoisotopic (exact) mass is 254 g/mol. The van der Waals surface area contributed by atoms with Gasteiger partial charge >= 0.3 is 0 Å². The molecule has 0 N–H and O–H groups in total. The van der Waals surface area contributed by atoms with Crippen LogP contribution >= 0.6 is 0 Å². The summed E-state index contributed by atoms with van der Waals surface area (Å²) in [5.41, 5.74) is 0. The lowest BCUT2D eigenvalue weighted by molar-refractivity contribution is 0.0421. The fourth-order valence-corrected chi connectivity index (χ4v) is 1.49. The molecule has 0 aliphatic rings. The molecule has 1 unspecified atom stereocenters. The average Bonchev–Trinajstić information content (AvgIpc) is 2.42. The number of hydrogen-bond acceptors (Lipinski definition) is 4. The minimum Gasteiger partial charge on any atom is -0.493 e. The molecule has 0 saturated carbocycles. The molecule has 4 heteroatoms. The maximum atomic E-state index is 5.64. The average molecular weight is 254 g/mol. The van der Waals surface area contributed by atoms with Crippen molar-refractivity contribution < 1.29 is 18.9 Å². The summed E-state index contributed by atoms with van der Waals surface area (Å²) >= 11 is 0. The van der Waals surface area contributed by atoms with Gasteiger partial charge in [-0.3, -0.25) is 0 Å². The van der Waals surface area contributed by atoms with E-state index in [4.69, 9.17) is 18.9 Å². The minimum absolute atomic E-state index is 0.265. The van der Waals surface area contributed by atoms with Crippen molar-refractivity contribution in [2.75, 3.05) is 27.4 Å². The van der Waals surface area contributed by atoms with E-state index in [9.17, 15) is 0 Å². The third-order valence-corrected chi connectivity index (χ3v) is 2.69. The standard InChI is InChI=1S/C14H22O4/c1-5-11(2)17-9-10-18-13-8-6-7-12(15-3)14(13)16-4/h6-8,11H,5,9-10H2,1-4H3. The van der Waals surface area contributed by atoms with Crippen molar-refractivity contribution in [3.8, 4) is 17.2 Å². The molecule has 0 saturated heterocycles. The van der Waals surface area contributed by atoms with Gasteiger partial charge in [0.15, 0.2) is 11.5 Å². The second-order valence-corrected chi connectivity index (χ2v) is 3.93. The second-order valence-electron chi connectivity index (χ2n) is 3.93. The van der Waals surface area contributed by atoms with Gasteiger partial charge in [0, 0.05) is 0 Å². The number of ether oxygens (including phenoxy) is 4. The highest BCUT2D eigenvalue weighted by molar-refractivity contribution is 5.50. The van der Waals surface area contributed by atoms with Crippen LogP contribution in [0.4, 0.5) is 0 Å². The van der Waals surface area contributed by atoms with E-state index in [1.165, 1.54) is 0 Å². The Kier molecular flexibility index (Phi) is 6.36. The molecule has 1 aromatic carbocycles. The molecule has 4 nitrogen and oxygen atoms in total. The number of rotatable bonds is 8. The molecule has 1 rings (SSSR count). The predicted octanol–water partition coefficient (Wildman–Crippen LogP) is 2.90. The number of hydrogen-bond donors (Lipinski definition) is 0. The Balaban J connectivity index is 2.51. The first-order valence-electron chi connectivity index (χ1n) is 6.18. The van der Waals surface area contributed by atoms with Gasteiger partial charge in [-0.05, 0) is 25.5 Å². The van der Waals surface area contributed by atoms with Gasteiger partial charge in [0.2, 0.25) is 5.75 Å². The van der Waals surface area contributed by atoms with Crippen molar-refractivity contribution in [1.29, 1.82) is 0 Å². The summed E-state index contributed by atoms with van der Waals surface area (Å²) in [4.78, 5) is 0. The predicted molar refractivity (Wildman–Crippen MR) is 70.7 cm³/mol. The maximum Gasteiger partial charge on any atom is 0.203 e. The SMILES string of the molecule is CCC(C)OCCOc1cccc(OC)c1OC. The zero-order valence-corrected chi connectivity index (χ0v) is 11.6. The highest BCUT2D eigenvalue weighted by Gasteiger charge is 2.10. The van der Waals surface area contributed by atoms with Crippen LogP contribution in [-0.2, 0) is 4.74 Å². The molecule has 18 heavy (non-hydrogen) atoms. The van der Waals surface area contributed by atoms with Crippen molar-refractivity contribution in [2.24, 2.45) is 0 Å². The number of para-hydroxylation sites is 1. The zero-order valence-electron chi connectivity index (χ0n) is 11.6. The van der Waals surface area contributed by atoms with Gasteiger partial charge in [-0.25, -0.2) is 0 Å². The van der Waals surface area contributed by atoms with Crippen LogP contribution in [0.2, 0.25) is 0 Å². The van der Waals surface area contributed by atoms with Gasteiger partial charge < -0.3 is 18.9 Å². The fraction of sp³-hybridized carbons (Fsp3) is 0.571. The van der Waals surface area contributed by atoms with Crippen molar-refractivity contribution >= 4 is 0 Å². The summed E-state index contributed by atoms with van der Waals surface area (Å²) in [6, 6.07) is 5.55. The first-order chi connectivity index (χ1) is 8.72. The van der Waals surface area contributed by atoms with Crippen LogP contribution in [-0.4, -0.2) is 33.5 Å². The molecule has 0 bridgehead atoms. The Morgan fingerprint density at radius 2 is 1.78 bits per heavy atom. The molecule has 102 valence electrons. The molecule has 0 spiro atoms. The summed E-state index contributed by atoms with van der Waals surface area (Å²) in [6.45, 7) is 5.20. The van der Waals surface area contributed by atoms with Gasteiger partial charge in [-0.15, -0.1) is 0 Å². The summed E-state index contributed by atoms with van der Waals surface area (Å²) in [5.74, 6) is 1.95. The lowest BCUT2D eigenvalue weighted by Gasteiger charge is -2.14. The lowest BCUT2D eigenvalue weighted by atomic mass is 10.3. The summed E-state index contributed by atoms with van der Waals surface area (Å²) < 4.78 is 21.7. The van der Waals surface area contributed by atoms with E-state index in [2.05, 4.69) is 6.92 Å². The zero-order chi connectivity index (χ0) is 13.4. The number of benzene rings is 1. The van der Waals surface area contributed by atoms with E-state index in [0.717, 1.165) is 6.42 Å². The first kappa shape index (κ1) is 14.6. The Morgan fingerprint density at radius 1 is 1.06 bits per heavy atom. The number of methoxy groups -OCH3 is 2. The Labute approximate surface area is 109 Å². The van der Waals surface area contributed by atoms with Crippen molar-refractivity contribution in [3.05, 3.63) is 18.2 Å². The molecule has 0 fully saturated rings. The van der Waals surface area contributed by atoms with Gasteiger partial charge in [-0.2, -0.15) is 0 Å². The van der Waals surface area contributed by atoms with E-state index in [-0.39, 0.29) is 6.10 Å². The smallest absolute Gasteiger partial charge is 0.203 e. The van der Waals surface area contributed by atoms with Gasteiger partial charge in [0.1, 0.15) is 6.61 Å². The van der Waals surface area contributed by atoms with E-state index in [1.807, 2.05) is 25.1 Å². The quantitative estimate of drug-likeness (QED) is 0.668. The molecule has 0 radical (unpaired) electrons. The highest BCUT2D eigenvalue weighted by Crippen LogP contribution is 2.36. The summed E-state index contributed by atoms with van der Waals surface area (Å²) in [5, 5.41) is 0. The van der Waals surface area contributed by atoms with Gasteiger partial charge in [-0.1, -0.05) is 13.0 Å². The van der Waals surface area contributed by atoms with E-state index >= 15 is 0 Å². The lowest BCUT2D eigenvalue weighted by Crippen LogP contribution is -2.13. The van der Waals surface area contributed by atoms with Crippen LogP contribution in [0, 0.1) is 0 Å². The van der Waals surface area contributed by atoms with Crippen LogP contribution in [0.25, 0.3) is 0 Å². The Morgan fingerprint density at radius 3 is 2.39 bits per heavy atom. The van der Waals surface area contributed by atoms with Gasteiger partial charge in [0.25, 0.3) is 0 Å². The van der Waals surface area contributed by atoms with Crippen LogP contribution in [0.5, 0.6) is 17.2 Å². The van der Waals surface area contributed by atoms with Crippen LogP contribution in [0.3, 0.4) is 0 Å². The summed E-state index contributed by atoms with van der Waals surface area (Å²) in [6.07, 6.45) is 1.27. The Hall–Kier alpha value is -1.42. The van der Waals surface area contributed by atoms with Crippen molar-refractivity contribution in [1.82, 2.24) is 0 Å². The molecule has 0 heterocycles. The maximum absolute atomic E-state index is 5.64.